The predicted molar refractivity (Wildman–Crippen MR) is 130 cm³/mol. The van der Waals surface area contributed by atoms with Crippen LogP contribution in [0.4, 0.5) is 11.4 Å². The average Bonchev–Trinajstić information content (AvgIpc) is 3.39. The quantitative estimate of drug-likeness (QED) is 0.510. The normalized spacial score (nSPS) is 16.1. The molecule has 0 radical (unpaired) electrons. The molecule has 178 valence electrons. The van der Waals surface area contributed by atoms with Gasteiger partial charge in [-0.2, -0.15) is 0 Å². The zero-order valence-electron chi connectivity index (χ0n) is 19.7. The molecule has 8 nitrogen and oxygen atoms in total. The van der Waals surface area contributed by atoms with Crippen molar-refractivity contribution in [3.05, 3.63) is 66.2 Å². The van der Waals surface area contributed by atoms with Gasteiger partial charge in [0.05, 0.1) is 23.5 Å². The van der Waals surface area contributed by atoms with E-state index in [2.05, 4.69) is 25.8 Å². The zero-order chi connectivity index (χ0) is 23.5. The maximum absolute atomic E-state index is 12.7. The number of benzene rings is 2. The van der Waals surface area contributed by atoms with Crippen LogP contribution in [-0.2, 0) is 11.4 Å². The summed E-state index contributed by atoms with van der Waals surface area (Å²) >= 11 is 0. The molecular weight excluding hydrogens is 430 g/mol. The highest BCUT2D eigenvalue weighted by Crippen LogP contribution is 2.49. The number of H-pyrrole nitrogens is 1. The second kappa shape index (κ2) is 9.87. The molecule has 34 heavy (non-hydrogen) atoms. The van der Waals surface area contributed by atoms with Crippen LogP contribution in [0, 0.1) is 0 Å². The largest absolute Gasteiger partial charge is 0.453 e. The van der Waals surface area contributed by atoms with Gasteiger partial charge in [0.2, 0.25) is 0 Å². The van der Waals surface area contributed by atoms with Gasteiger partial charge in [-0.25, -0.2) is 9.78 Å². The number of anilines is 2. The number of carbonyl (C=O) groups excluding carboxylic acids is 1. The van der Waals surface area contributed by atoms with Crippen LogP contribution in [0.25, 0.3) is 0 Å². The van der Waals surface area contributed by atoms with Crippen LogP contribution >= 0.6 is 0 Å². The maximum Gasteiger partial charge on any atom is 0.357 e. The van der Waals surface area contributed by atoms with Crippen molar-refractivity contribution in [3.8, 4) is 11.5 Å². The Balaban J connectivity index is 1.38. The third kappa shape index (κ3) is 4.51. The summed E-state index contributed by atoms with van der Waals surface area (Å²) in [5.74, 6) is 2.13. The molecule has 2 aromatic carbocycles. The molecule has 1 N–H and O–H groups in total. The van der Waals surface area contributed by atoms with Crippen molar-refractivity contribution < 1.29 is 14.4 Å². The Morgan fingerprint density at radius 2 is 1.88 bits per heavy atom. The first-order valence-corrected chi connectivity index (χ1v) is 12.0. The van der Waals surface area contributed by atoms with E-state index in [0.717, 1.165) is 55.4 Å². The topological polar surface area (TPSA) is 73.9 Å². The summed E-state index contributed by atoms with van der Waals surface area (Å²) in [6, 6.07) is 14.1. The standard InChI is InChI=1S/C26H31N5O3/c1-3-30(4-2)34-26(32)19-9-10-22-24(17-19)33-23-8-6-5-7-21(23)31(22)20-11-15-29(16-12-20)18-25-27-13-14-28-25/h5-10,13-14,17,20H,3-4,11-12,15-16,18H2,1-2H3,(H,27,28). The molecule has 1 fully saturated rings. The van der Waals surface area contributed by atoms with Crippen LogP contribution in [0.5, 0.6) is 11.5 Å². The molecule has 1 saturated heterocycles. The van der Waals surface area contributed by atoms with Crippen LogP contribution in [0.3, 0.4) is 0 Å². The molecule has 0 saturated carbocycles. The monoisotopic (exact) mass is 461 g/mol. The highest BCUT2D eigenvalue weighted by atomic mass is 16.7. The summed E-state index contributed by atoms with van der Waals surface area (Å²) in [5.41, 5.74) is 2.54. The van der Waals surface area contributed by atoms with Crippen molar-refractivity contribution in [2.75, 3.05) is 31.1 Å². The molecule has 8 heteroatoms. The van der Waals surface area contributed by atoms with E-state index < -0.39 is 0 Å². The van der Waals surface area contributed by atoms with Crippen molar-refractivity contribution in [1.29, 1.82) is 0 Å². The van der Waals surface area contributed by atoms with Gasteiger partial charge in [-0.05, 0) is 57.0 Å². The first kappa shape index (κ1) is 22.4. The molecule has 3 heterocycles. The molecule has 5 rings (SSSR count). The minimum absolute atomic E-state index is 0.338. The molecule has 0 spiro atoms. The van der Waals surface area contributed by atoms with Crippen LogP contribution in [0.1, 0.15) is 42.9 Å². The Hall–Kier alpha value is -3.36. The van der Waals surface area contributed by atoms with Crippen LogP contribution in [-0.4, -0.2) is 58.1 Å². The molecule has 1 aromatic heterocycles. The predicted octanol–water partition coefficient (Wildman–Crippen LogP) is 4.73. The van der Waals surface area contributed by atoms with E-state index in [4.69, 9.17) is 9.57 Å². The molecule has 0 atom stereocenters. The lowest BCUT2D eigenvalue weighted by Crippen LogP contribution is -2.43. The Labute approximate surface area is 200 Å². The van der Waals surface area contributed by atoms with Gasteiger partial charge in [0, 0.05) is 44.6 Å². The number of imidazole rings is 1. The van der Waals surface area contributed by atoms with Gasteiger partial charge < -0.3 is 19.5 Å². The van der Waals surface area contributed by atoms with E-state index in [1.54, 1.807) is 17.3 Å². The van der Waals surface area contributed by atoms with Crippen molar-refractivity contribution in [2.45, 2.75) is 39.3 Å². The van der Waals surface area contributed by atoms with E-state index in [1.165, 1.54) is 0 Å². The molecule has 0 unspecified atom stereocenters. The van der Waals surface area contributed by atoms with Crippen LogP contribution in [0.15, 0.2) is 54.9 Å². The van der Waals surface area contributed by atoms with Crippen molar-refractivity contribution in [2.24, 2.45) is 0 Å². The molecule has 0 bridgehead atoms. The first-order valence-electron chi connectivity index (χ1n) is 12.0. The lowest BCUT2D eigenvalue weighted by atomic mass is 9.99. The smallest absolute Gasteiger partial charge is 0.357 e. The van der Waals surface area contributed by atoms with Gasteiger partial charge >= 0.3 is 5.97 Å². The number of nitrogens with one attached hydrogen (secondary N) is 1. The number of aromatic amines is 1. The third-order valence-corrected chi connectivity index (χ3v) is 6.57. The fraction of sp³-hybridized carbons (Fsp3) is 0.385. The highest BCUT2D eigenvalue weighted by Gasteiger charge is 2.33. The Bertz CT molecular complexity index is 1120. The molecule has 2 aliphatic heterocycles. The third-order valence-electron chi connectivity index (χ3n) is 6.57. The summed E-state index contributed by atoms with van der Waals surface area (Å²) in [4.78, 5) is 30.6. The summed E-state index contributed by atoms with van der Waals surface area (Å²) in [5, 5.41) is 1.64. The average molecular weight is 462 g/mol. The van der Waals surface area contributed by atoms with Gasteiger partial charge in [-0.3, -0.25) is 4.90 Å². The van der Waals surface area contributed by atoms with Crippen molar-refractivity contribution in [3.63, 3.8) is 0 Å². The number of fused-ring (bicyclic) bond motifs is 2. The lowest BCUT2D eigenvalue weighted by Gasteiger charge is -2.42. The summed E-state index contributed by atoms with van der Waals surface area (Å²) in [7, 11) is 0. The number of ether oxygens (including phenoxy) is 1. The van der Waals surface area contributed by atoms with Crippen LogP contribution < -0.4 is 9.64 Å². The van der Waals surface area contributed by atoms with E-state index in [-0.39, 0.29) is 5.97 Å². The highest BCUT2D eigenvalue weighted by molar-refractivity contribution is 5.92. The Morgan fingerprint density at radius 3 is 2.62 bits per heavy atom. The number of likely N-dealkylation sites (tertiary alicyclic amines) is 1. The second-order valence-electron chi connectivity index (χ2n) is 8.66. The van der Waals surface area contributed by atoms with E-state index in [0.29, 0.717) is 30.4 Å². The van der Waals surface area contributed by atoms with Gasteiger partial charge in [0.15, 0.2) is 11.5 Å². The fourth-order valence-electron chi connectivity index (χ4n) is 4.76. The zero-order valence-corrected chi connectivity index (χ0v) is 19.7. The number of hydroxylamine groups is 2. The SMILES string of the molecule is CCN(CC)OC(=O)c1ccc2c(c1)Oc1ccccc1N2C1CCN(Cc2ncc[nH]2)CC1. The summed E-state index contributed by atoms with van der Waals surface area (Å²) in [6.45, 7) is 8.03. The number of hydrogen-bond donors (Lipinski definition) is 1. The summed E-state index contributed by atoms with van der Waals surface area (Å²) in [6.07, 6.45) is 5.73. The van der Waals surface area contributed by atoms with Gasteiger partial charge in [0.25, 0.3) is 0 Å². The molecule has 3 aromatic rings. The van der Waals surface area contributed by atoms with Crippen molar-refractivity contribution >= 4 is 17.3 Å². The molecule has 2 aliphatic rings. The first-order chi connectivity index (χ1) is 16.7. The Morgan fingerprint density at radius 1 is 1.12 bits per heavy atom. The van der Waals surface area contributed by atoms with Gasteiger partial charge in [-0.15, -0.1) is 5.06 Å². The van der Waals surface area contributed by atoms with E-state index in [9.17, 15) is 4.79 Å². The second-order valence-corrected chi connectivity index (χ2v) is 8.66. The van der Waals surface area contributed by atoms with Crippen LogP contribution in [0.2, 0.25) is 0 Å². The Kier molecular flexibility index (Phi) is 6.51. The minimum atomic E-state index is -0.369. The lowest BCUT2D eigenvalue weighted by molar-refractivity contribution is -0.103. The van der Waals surface area contributed by atoms with Gasteiger partial charge in [0.1, 0.15) is 5.82 Å². The fourth-order valence-corrected chi connectivity index (χ4v) is 4.76. The number of nitrogens with zero attached hydrogens (tertiary/aromatic N) is 4. The summed E-state index contributed by atoms with van der Waals surface area (Å²) < 4.78 is 6.25. The number of carbonyl (C=O) groups is 1. The minimum Gasteiger partial charge on any atom is -0.453 e. The number of para-hydroxylation sites is 2. The number of aromatic nitrogens is 2. The number of piperidine rings is 1. The number of rotatable bonds is 7. The molecule has 0 aliphatic carbocycles. The van der Waals surface area contributed by atoms with Crippen molar-refractivity contribution in [1.82, 2.24) is 19.9 Å². The van der Waals surface area contributed by atoms with E-state index >= 15 is 0 Å². The molecule has 0 amide bonds. The maximum atomic E-state index is 12.7. The number of hydrogen-bond acceptors (Lipinski definition) is 7. The van der Waals surface area contributed by atoms with E-state index in [1.807, 2.05) is 50.4 Å². The van der Waals surface area contributed by atoms with Gasteiger partial charge in [-0.1, -0.05) is 12.1 Å². The molecular formula is C26H31N5O3.